The first-order valence-electron chi connectivity index (χ1n) is 23.5. The second kappa shape index (κ2) is 22.6. The number of hydrogen-bond acceptors (Lipinski definition) is 8. The lowest BCUT2D eigenvalue weighted by atomic mass is 9.76. The van der Waals surface area contributed by atoms with Crippen LogP contribution in [0.5, 0.6) is 11.5 Å². The van der Waals surface area contributed by atoms with Crippen LogP contribution in [-0.2, 0) is 31.5 Å². The SMILES string of the molecule is BrB(Br)Br.CCOC(C)(C)c1ccsc1-c1cc2cc(OC)c(-c3sccc3C(C)(C)OCC)cc2cc1C.COc1cc2c3c(c(C)cc2c2c1-c1sccc1C2(C)C)-c1sccc1C3(C)C.ClCCl. The molecule has 14 heteroatoms. The van der Waals surface area contributed by atoms with Crippen molar-refractivity contribution >= 4 is 141 Å². The largest absolute Gasteiger partial charge is 0.496 e. The molecule has 0 amide bonds. The number of methoxy groups -OCH3 is 2. The highest BCUT2D eigenvalue weighted by atomic mass is 79.9. The molecule has 4 aromatic carbocycles. The minimum absolute atomic E-state index is 0.00173. The van der Waals surface area contributed by atoms with Gasteiger partial charge in [0.15, 0.2) is 0 Å². The summed E-state index contributed by atoms with van der Waals surface area (Å²) < 4.78 is 24.4. The number of ether oxygens (including phenoxy) is 4. The molecule has 71 heavy (non-hydrogen) atoms. The third-order valence-corrected chi connectivity index (χ3v) is 17.6. The van der Waals surface area contributed by atoms with Crippen LogP contribution in [0.2, 0.25) is 0 Å². The first kappa shape index (κ1) is 56.5. The fourth-order valence-corrected chi connectivity index (χ4v) is 15.3. The predicted molar refractivity (Wildman–Crippen MR) is 326 cm³/mol. The van der Waals surface area contributed by atoms with Gasteiger partial charge in [-0.05, 0) is 191 Å². The maximum absolute atomic E-state index is 6.09. The van der Waals surface area contributed by atoms with Crippen LogP contribution in [0.15, 0.2) is 82.2 Å². The molecule has 0 saturated carbocycles. The predicted octanol–water partition coefficient (Wildman–Crippen LogP) is 20.6. The summed E-state index contributed by atoms with van der Waals surface area (Å²) in [6.07, 6.45) is 0. The second-order valence-electron chi connectivity index (χ2n) is 19.6. The van der Waals surface area contributed by atoms with Gasteiger partial charge in [-0.3, -0.25) is 0 Å². The standard InChI is InChI=1S/C30H36O3S2.C26H24OS2.CH2Cl2.BBr3/c1-9-32-29(4,5)24-11-13-34-27(24)22-16-21-18-26(31-8)23(17-20(21)15-19(22)3)28-25(12-14-35-28)30(6,7)33-10-2;1-13-11-14-15(21-19(13)23-16(7-9-28-23)25(21,2)3)12-18(27-6)20-22(14)26(4,5)17-8-10-29-24(17)20;2-1-3;2-1(3)4/h11-18H,9-10H2,1-8H3;7-12H,1-6H3;1H2;. The highest BCUT2D eigenvalue weighted by Gasteiger charge is 2.44. The molecular formula is C57H62BBr3Cl2O4S4. The molecule has 0 aliphatic heterocycles. The van der Waals surface area contributed by atoms with Crippen LogP contribution in [0, 0.1) is 13.8 Å². The van der Waals surface area contributed by atoms with E-state index in [4.69, 9.17) is 42.1 Å². The van der Waals surface area contributed by atoms with E-state index in [0.717, 1.165) is 17.1 Å². The monoisotopic (exact) mass is 1260 g/mol. The number of rotatable bonds is 10. The average molecular weight is 1260 g/mol. The molecule has 2 aliphatic rings. The third-order valence-electron chi connectivity index (χ3n) is 13.8. The maximum Gasteiger partial charge on any atom is 0.369 e. The van der Waals surface area contributed by atoms with Crippen molar-refractivity contribution in [1.82, 2.24) is 0 Å². The molecule has 0 unspecified atom stereocenters. The summed E-state index contributed by atoms with van der Waals surface area (Å²) in [6.45, 7) is 28.0. The van der Waals surface area contributed by atoms with Crippen LogP contribution < -0.4 is 9.47 Å². The molecule has 2 aliphatic carbocycles. The summed E-state index contributed by atoms with van der Waals surface area (Å²) in [5.74, 6) is 1.89. The third kappa shape index (κ3) is 10.7. The fourth-order valence-electron chi connectivity index (χ4n) is 10.8. The molecule has 376 valence electrons. The van der Waals surface area contributed by atoms with Gasteiger partial charge >= 0.3 is 3.18 Å². The lowest BCUT2D eigenvalue weighted by molar-refractivity contribution is -0.0136. The van der Waals surface area contributed by atoms with Gasteiger partial charge in [-0.15, -0.1) is 116 Å². The number of thiophene rings is 4. The van der Waals surface area contributed by atoms with E-state index in [9.17, 15) is 0 Å². The van der Waals surface area contributed by atoms with Gasteiger partial charge in [0.1, 0.15) is 11.5 Å². The zero-order chi connectivity index (χ0) is 52.0. The number of aryl methyl sites for hydroxylation is 2. The molecule has 0 radical (unpaired) electrons. The van der Waals surface area contributed by atoms with Gasteiger partial charge in [0, 0.05) is 65.8 Å². The van der Waals surface area contributed by atoms with E-state index < -0.39 is 0 Å². The molecule has 4 heterocycles. The van der Waals surface area contributed by atoms with Gasteiger partial charge in [0.2, 0.25) is 0 Å². The lowest BCUT2D eigenvalue weighted by Crippen LogP contribution is -2.21. The number of benzene rings is 4. The Balaban J connectivity index is 0.000000187. The van der Waals surface area contributed by atoms with E-state index in [-0.39, 0.29) is 30.6 Å². The lowest BCUT2D eigenvalue weighted by Gasteiger charge is -2.28. The second-order valence-corrected chi connectivity index (χ2v) is 30.5. The molecule has 0 fully saturated rings. The van der Waals surface area contributed by atoms with E-state index >= 15 is 0 Å². The first-order chi connectivity index (χ1) is 33.6. The first-order valence-corrected chi connectivity index (χ1v) is 30.9. The Morgan fingerprint density at radius 1 is 0.549 bits per heavy atom. The molecule has 4 nitrogen and oxygen atoms in total. The zero-order valence-corrected chi connectivity index (χ0v) is 52.5. The quantitative estimate of drug-likeness (QED) is 0.101. The highest BCUT2D eigenvalue weighted by molar-refractivity contribution is 9.69. The van der Waals surface area contributed by atoms with Gasteiger partial charge in [-0.1, -0.05) is 39.8 Å². The summed E-state index contributed by atoms with van der Waals surface area (Å²) in [5.41, 5.74) is 15.3. The highest BCUT2D eigenvalue weighted by Crippen LogP contribution is 2.61. The molecular weight excluding hydrogens is 1200 g/mol. The molecule has 10 rings (SSSR count). The van der Waals surface area contributed by atoms with E-state index in [1.54, 1.807) is 29.8 Å². The smallest absolute Gasteiger partial charge is 0.369 e. The van der Waals surface area contributed by atoms with Gasteiger partial charge in [0.05, 0.1) is 30.8 Å². The zero-order valence-electron chi connectivity index (χ0n) is 42.9. The Bertz CT molecular complexity index is 3200. The number of alkyl halides is 2. The molecule has 0 spiro atoms. The van der Waals surface area contributed by atoms with Gasteiger partial charge in [-0.2, -0.15) is 0 Å². The van der Waals surface area contributed by atoms with E-state index in [0.29, 0.717) is 13.2 Å². The Hall–Kier alpha value is -2.20. The summed E-state index contributed by atoms with van der Waals surface area (Å²) >= 11 is 26.1. The topological polar surface area (TPSA) is 36.9 Å². The van der Waals surface area contributed by atoms with E-state index in [2.05, 4.69) is 199 Å². The maximum atomic E-state index is 6.09. The summed E-state index contributed by atoms with van der Waals surface area (Å²) in [4.78, 5) is 5.29. The van der Waals surface area contributed by atoms with Crippen molar-refractivity contribution in [2.75, 3.05) is 32.8 Å². The number of fused-ring (bicyclic) bond motifs is 10. The van der Waals surface area contributed by atoms with Gasteiger partial charge in [0.25, 0.3) is 0 Å². The molecule has 0 bridgehead atoms. The fraction of sp³-hybridized carbons (Fsp3) is 0.368. The Kier molecular flexibility index (Phi) is 18.0. The van der Waals surface area contributed by atoms with E-state index in [1.165, 1.54) is 102 Å². The molecule has 0 N–H and O–H groups in total. The van der Waals surface area contributed by atoms with Crippen molar-refractivity contribution in [2.45, 2.75) is 105 Å². The van der Waals surface area contributed by atoms with Crippen LogP contribution in [-0.4, -0.2) is 36.0 Å². The van der Waals surface area contributed by atoms with Crippen molar-refractivity contribution in [3.8, 4) is 53.3 Å². The minimum atomic E-state index is -0.368. The summed E-state index contributed by atoms with van der Waals surface area (Å²) in [5, 5.41) is 14.1. The normalized spacial score (nSPS) is 13.8. The minimum Gasteiger partial charge on any atom is -0.496 e. The molecule has 0 atom stereocenters. The molecule has 4 aromatic heterocycles. The molecule has 8 aromatic rings. The number of hydrogen-bond donors (Lipinski definition) is 0. The van der Waals surface area contributed by atoms with Crippen molar-refractivity contribution < 1.29 is 18.9 Å². The Labute approximate surface area is 472 Å². The molecule has 0 saturated heterocycles. The van der Waals surface area contributed by atoms with Crippen LogP contribution in [0.1, 0.15) is 114 Å². The summed E-state index contributed by atoms with van der Waals surface area (Å²) in [6, 6.07) is 22.8. The van der Waals surface area contributed by atoms with Gasteiger partial charge in [-0.25, -0.2) is 0 Å². The van der Waals surface area contributed by atoms with E-state index in [1.807, 2.05) is 43.6 Å². The van der Waals surface area contributed by atoms with Crippen LogP contribution in [0.3, 0.4) is 0 Å². The summed E-state index contributed by atoms with van der Waals surface area (Å²) in [7, 11) is 3.57. The van der Waals surface area contributed by atoms with Crippen molar-refractivity contribution in [1.29, 1.82) is 0 Å². The van der Waals surface area contributed by atoms with Crippen LogP contribution >= 0.6 is 116 Å². The van der Waals surface area contributed by atoms with Crippen LogP contribution in [0.4, 0.5) is 0 Å². The Morgan fingerprint density at radius 2 is 0.958 bits per heavy atom. The van der Waals surface area contributed by atoms with Crippen molar-refractivity contribution in [3.05, 3.63) is 127 Å². The number of halogens is 5. The van der Waals surface area contributed by atoms with Crippen molar-refractivity contribution in [2.24, 2.45) is 0 Å². The van der Waals surface area contributed by atoms with Crippen LogP contribution in [0.25, 0.3) is 63.3 Å². The average Bonchev–Trinajstić information content (AvgIpc) is 4.16. The van der Waals surface area contributed by atoms with Crippen molar-refractivity contribution in [3.63, 3.8) is 0 Å². The Morgan fingerprint density at radius 3 is 1.45 bits per heavy atom. The van der Waals surface area contributed by atoms with Gasteiger partial charge < -0.3 is 18.9 Å².